The average molecular weight is 296 g/mol. The molecule has 120 valence electrons. The molecule has 0 unspecified atom stereocenters. The fourth-order valence-electron chi connectivity index (χ4n) is 1.81. The van der Waals surface area contributed by atoms with Gasteiger partial charge in [0.25, 0.3) is 0 Å². The Morgan fingerprint density at radius 1 is 1.33 bits per heavy atom. The maximum atomic E-state index is 11.8. The molecule has 1 aromatic rings. The molecule has 0 fully saturated rings. The van der Waals surface area contributed by atoms with Gasteiger partial charge in [0.2, 0.25) is 0 Å². The van der Waals surface area contributed by atoms with Crippen LogP contribution in [0, 0.1) is 0 Å². The lowest BCUT2D eigenvalue weighted by Gasteiger charge is -2.28. The maximum absolute atomic E-state index is 11.8. The minimum Gasteiger partial charge on any atom is -0.444 e. The van der Waals surface area contributed by atoms with Crippen LogP contribution in [-0.4, -0.2) is 33.6 Å². The Bertz CT molecular complexity index is 460. The predicted octanol–water partition coefficient (Wildman–Crippen LogP) is 2.30. The van der Waals surface area contributed by atoms with E-state index in [0.29, 0.717) is 6.54 Å². The number of ether oxygens (including phenoxy) is 1. The fourth-order valence-corrected chi connectivity index (χ4v) is 1.81. The van der Waals surface area contributed by atoms with E-state index >= 15 is 0 Å². The topological polar surface area (TPSA) is 68.2 Å². The normalized spacial score (nSPS) is 12.3. The molecule has 0 aliphatic rings. The van der Waals surface area contributed by atoms with Crippen molar-refractivity contribution < 1.29 is 9.53 Å². The van der Waals surface area contributed by atoms with Crippen LogP contribution in [-0.2, 0) is 17.8 Å². The molecule has 0 spiro atoms. The first-order valence-corrected chi connectivity index (χ1v) is 7.34. The molecule has 0 bridgehead atoms. The lowest BCUT2D eigenvalue weighted by Crippen LogP contribution is -2.51. The van der Waals surface area contributed by atoms with Gasteiger partial charge in [-0.15, -0.1) is 0 Å². The van der Waals surface area contributed by atoms with Crippen LogP contribution in [0.1, 0.15) is 47.1 Å². The van der Waals surface area contributed by atoms with E-state index in [1.807, 2.05) is 51.7 Å². The van der Waals surface area contributed by atoms with Crippen LogP contribution in [0.4, 0.5) is 4.79 Å². The number of carbonyl (C=O) groups excluding carboxylic acids is 1. The summed E-state index contributed by atoms with van der Waals surface area (Å²) in [4.78, 5) is 11.8. The molecule has 21 heavy (non-hydrogen) atoms. The van der Waals surface area contributed by atoms with E-state index in [1.165, 1.54) is 0 Å². The predicted molar refractivity (Wildman–Crippen MR) is 83.1 cm³/mol. The van der Waals surface area contributed by atoms with Gasteiger partial charge in [0.1, 0.15) is 5.60 Å². The number of hydrogen-bond donors (Lipinski definition) is 2. The number of nitrogens with zero attached hydrogens (tertiary/aromatic N) is 2. The smallest absolute Gasteiger partial charge is 0.408 e. The molecule has 0 atom stereocenters. The molecule has 1 rings (SSSR count). The van der Waals surface area contributed by atoms with E-state index < -0.39 is 11.7 Å². The van der Waals surface area contributed by atoms with Crippen molar-refractivity contribution in [3.8, 4) is 0 Å². The van der Waals surface area contributed by atoms with E-state index in [0.717, 1.165) is 18.7 Å². The summed E-state index contributed by atoms with van der Waals surface area (Å²) < 4.78 is 7.15. The summed E-state index contributed by atoms with van der Waals surface area (Å²) in [6, 6.07) is 0. The van der Waals surface area contributed by atoms with Gasteiger partial charge in [0.05, 0.1) is 11.7 Å². The third-order valence-corrected chi connectivity index (χ3v) is 2.75. The largest absolute Gasteiger partial charge is 0.444 e. The second-order valence-corrected chi connectivity index (χ2v) is 6.82. The van der Waals surface area contributed by atoms with Crippen molar-refractivity contribution in [2.24, 2.45) is 0 Å². The van der Waals surface area contributed by atoms with Crippen molar-refractivity contribution in [1.82, 2.24) is 20.4 Å². The molecular formula is C15H28N4O2. The number of rotatable bonds is 6. The third-order valence-electron chi connectivity index (χ3n) is 2.75. The van der Waals surface area contributed by atoms with Gasteiger partial charge in [0.15, 0.2) is 0 Å². The SMILES string of the molecule is CCn1cc(CNCC(C)(C)NC(=O)OC(C)(C)C)cn1. The quantitative estimate of drug-likeness (QED) is 0.845. The van der Waals surface area contributed by atoms with Gasteiger partial charge in [-0.1, -0.05) is 0 Å². The minimum atomic E-state index is -0.484. The van der Waals surface area contributed by atoms with Gasteiger partial charge < -0.3 is 15.4 Å². The van der Waals surface area contributed by atoms with Crippen molar-refractivity contribution in [3.63, 3.8) is 0 Å². The lowest BCUT2D eigenvalue weighted by molar-refractivity contribution is 0.0472. The number of aromatic nitrogens is 2. The van der Waals surface area contributed by atoms with Crippen LogP contribution in [0.25, 0.3) is 0 Å². The Hall–Kier alpha value is -1.56. The van der Waals surface area contributed by atoms with Crippen molar-refractivity contribution in [3.05, 3.63) is 18.0 Å². The molecule has 0 saturated carbocycles. The van der Waals surface area contributed by atoms with Crippen molar-refractivity contribution >= 4 is 6.09 Å². The van der Waals surface area contributed by atoms with Gasteiger partial charge in [-0.05, 0) is 41.5 Å². The van der Waals surface area contributed by atoms with Crippen LogP contribution in [0.2, 0.25) is 0 Å². The number of aryl methyl sites for hydroxylation is 1. The molecule has 1 aromatic heterocycles. The van der Waals surface area contributed by atoms with Gasteiger partial charge in [-0.25, -0.2) is 4.79 Å². The van der Waals surface area contributed by atoms with E-state index in [2.05, 4.69) is 22.7 Å². The summed E-state index contributed by atoms with van der Waals surface area (Å²) in [5, 5.41) is 10.4. The number of carbonyl (C=O) groups is 1. The zero-order valence-corrected chi connectivity index (χ0v) is 14.0. The summed E-state index contributed by atoms with van der Waals surface area (Å²) in [7, 11) is 0. The molecule has 0 aliphatic heterocycles. The molecule has 0 saturated heterocycles. The molecule has 2 N–H and O–H groups in total. The van der Waals surface area contributed by atoms with Gasteiger partial charge >= 0.3 is 6.09 Å². The summed E-state index contributed by atoms with van der Waals surface area (Å²) >= 11 is 0. The second-order valence-electron chi connectivity index (χ2n) is 6.82. The molecule has 0 aliphatic carbocycles. The second kappa shape index (κ2) is 6.93. The molecule has 1 amide bonds. The van der Waals surface area contributed by atoms with Crippen molar-refractivity contribution in [2.75, 3.05) is 6.54 Å². The van der Waals surface area contributed by atoms with Gasteiger partial charge in [-0.2, -0.15) is 5.10 Å². The fraction of sp³-hybridized carbons (Fsp3) is 0.733. The van der Waals surface area contributed by atoms with E-state index in [9.17, 15) is 4.79 Å². The first-order chi connectivity index (χ1) is 9.61. The van der Waals surface area contributed by atoms with E-state index in [1.54, 1.807) is 0 Å². The minimum absolute atomic E-state index is 0.386. The first kappa shape index (κ1) is 17.5. The number of hydrogen-bond acceptors (Lipinski definition) is 4. The van der Waals surface area contributed by atoms with Crippen molar-refractivity contribution in [1.29, 1.82) is 0 Å². The van der Waals surface area contributed by atoms with Crippen LogP contribution in [0.3, 0.4) is 0 Å². The van der Waals surface area contributed by atoms with Crippen LogP contribution < -0.4 is 10.6 Å². The average Bonchev–Trinajstić information content (AvgIpc) is 2.73. The Balaban J connectivity index is 2.36. The zero-order valence-electron chi connectivity index (χ0n) is 14.0. The summed E-state index contributed by atoms with van der Waals surface area (Å²) in [5.41, 5.74) is 0.260. The molecule has 6 nitrogen and oxygen atoms in total. The highest BCUT2D eigenvalue weighted by Gasteiger charge is 2.24. The zero-order chi connectivity index (χ0) is 16.1. The highest BCUT2D eigenvalue weighted by molar-refractivity contribution is 5.68. The maximum Gasteiger partial charge on any atom is 0.408 e. The molecule has 0 aromatic carbocycles. The highest BCUT2D eigenvalue weighted by atomic mass is 16.6. The Morgan fingerprint density at radius 3 is 2.52 bits per heavy atom. The number of amides is 1. The molecule has 1 heterocycles. The Kier molecular flexibility index (Phi) is 5.78. The van der Waals surface area contributed by atoms with Gasteiger partial charge in [0, 0.05) is 31.4 Å². The van der Waals surface area contributed by atoms with Crippen LogP contribution >= 0.6 is 0 Å². The first-order valence-electron chi connectivity index (χ1n) is 7.34. The summed E-state index contributed by atoms with van der Waals surface area (Å²) in [5.74, 6) is 0. The molecule has 6 heteroatoms. The highest BCUT2D eigenvalue weighted by Crippen LogP contribution is 2.09. The van der Waals surface area contributed by atoms with Crippen LogP contribution in [0.5, 0.6) is 0 Å². The summed E-state index contributed by atoms with van der Waals surface area (Å²) in [6.45, 7) is 13.8. The van der Waals surface area contributed by atoms with E-state index in [-0.39, 0.29) is 5.54 Å². The monoisotopic (exact) mass is 296 g/mol. The lowest BCUT2D eigenvalue weighted by atomic mass is 10.1. The van der Waals surface area contributed by atoms with Crippen molar-refractivity contribution in [2.45, 2.75) is 65.8 Å². The number of nitrogens with one attached hydrogen (secondary N) is 2. The van der Waals surface area contributed by atoms with Crippen LogP contribution in [0.15, 0.2) is 12.4 Å². The third kappa shape index (κ3) is 7.13. The van der Waals surface area contributed by atoms with E-state index in [4.69, 9.17) is 4.74 Å². The van der Waals surface area contributed by atoms with Gasteiger partial charge in [-0.3, -0.25) is 4.68 Å². The standard InChI is InChI=1S/C15H28N4O2/c1-7-19-10-12(9-17-19)8-16-11-15(5,6)18-13(20)21-14(2,3)4/h9-10,16H,7-8,11H2,1-6H3,(H,18,20). The molecular weight excluding hydrogens is 268 g/mol. The molecule has 0 radical (unpaired) electrons. The Labute approximate surface area is 127 Å². The summed E-state index contributed by atoms with van der Waals surface area (Å²) in [6.07, 6.45) is 3.47. The Morgan fingerprint density at radius 2 is 2.00 bits per heavy atom. The number of alkyl carbamates (subject to hydrolysis) is 1.